The van der Waals surface area contributed by atoms with Crippen molar-refractivity contribution >= 4 is 11.6 Å². The molecule has 1 unspecified atom stereocenters. The number of amides is 1. The number of rotatable bonds is 6. The number of anilines is 1. The maximum Gasteiger partial charge on any atom is 0.224 e. The third kappa shape index (κ3) is 5.61. The Morgan fingerprint density at radius 2 is 2.10 bits per heavy atom. The predicted molar refractivity (Wildman–Crippen MR) is 82.9 cm³/mol. The largest absolute Gasteiger partial charge is 0.492 e. The van der Waals surface area contributed by atoms with Crippen molar-refractivity contribution in [3.63, 3.8) is 0 Å². The second kappa shape index (κ2) is 7.29. The van der Waals surface area contributed by atoms with Crippen molar-refractivity contribution in [2.75, 3.05) is 18.5 Å². The molecular formula is C16H26N2O2. The van der Waals surface area contributed by atoms with Crippen LogP contribution in [0, 0.1) is 11.3 Å². The van der Waals surface area contributed by atoms with Crippen molar-refractivity contribution in [1.29, 1.82) is 0 Å². The number of hydrogen-bond donors (Lipinski definition) is 2. The van der Waals surface area contributed by atoms with Gasteiger partial charge in [0.15, 0.2) is 0 Å². The molecule has 112 valence electrons. The molecule has 0 aliphatic carbocycles. The van der Waals surface area contributed by atoms with E-state index in [1.54, 1.807) is 0 Å². The van der Waals surface area contributed by atoms with Crippen LogP contribution in [-0.2, 0) is 4.79 Å². The van der Waals surface area contributed by atoms with Crippen molar-refractivity contribution < 1.29 is 9.53 Å². The average Bonchev–Trinajstić information content (AvgIpc) is 2.35. The lowest BCUT2D eigenvalue weighted by Gasteiger charge is -2.26. The lowest BCUT2D eigenvalue weighted by molar-refractivity contribution is -0.117. The van der Waals surface area contributed by atoms with E-state index in [0.717, 1.165) is 11.4 Å². The lowest BCUT2D eigenvalue weighted by atomic mass is 9.80. The number of nitrogens with two attached hydrogens (primary N) is 1. The van der Waals surface area contributed by atoms with Crippen LogP contribution in [0.1, 0.15) is 34.1 Å². The summed E-state index contributed by atoms with van der Waals surface area (Å²) >= 11 is 0. The molecule has 0 aliphatic heterocycles. The fourth-order valence-corrected chi connectivity index (χ4v) is 1.64. The first-order chi connectivity index (χ1) is 9.32. The minimum absolute atomic E-state index is 0.0309. The molecule has 0 aliphatic rings. The van der Waals surface area contributed by atoms with E-state index >= 15 is 0 Å². The number of carbonyl (C=O) groups excluding carboxylic acids is 1. The fraction of sp³-hybridized carbons (Fsp3) is 0.562. The summed E-state index contributed by atoms with van der Waals surface area (Å²) < 4.78 is 5.44. The molecule has 0 fully saturated rings. The van der Waals surface area contributed by atoms with Crippen LogP contribution >= 0.6 is 0 Å². The third-order valence-corrected chi connectivity index (χ3v) is 3.47. The SMILES string of the molecule is CC(CC(=O)Nc1cccc(OCCN)c1)C(C)(C)C. The molecule has 1 aromatic rings. The van der Waals surface area contributed by atoms with Crippen LogP contribution in [0.5, 0.6) is 5.75 Å². The Hall–Kier alpha value is -1.55. The summed E-state index contributed by atoms with van der Waals surface area (Å²) in [6.45, 7) is 9.48. The van der Waals surface area contributed by atoms with Gasteiger partial charge in [-0.2, -0.15) is 0 Å². The Bertz CT molecular complexity index is 438. The molecule has 20 heavy (non-hydrogen) atoms. The maximum absolute atomic E-state index is 12.0. The quantitative estimate of drug-likeness (QED) is 0.840. The van der Waals surface area contributed by atoms with Crippen LogP contribution in [0.4, 0.5) is 5.69 Å². The number of nitrogens with one attached hydrogen (secondary N) is 1. The monoisotopic (exact) mass is 278 g/mol. The van der Waals surface area contributed by atoms with Gasteiger partial charge in [0.25, 0.3) is 0 Å². The van der Waals surface area contributed by atoms with Gasteiger partial charge in [-0.25, -0.2) is 0 Å². The summed E-state index contributed by atoms with van der Waals surface area (Å²) in [5.74, 6) is 1.07. The van der Waals surface area contributed by atoms with Crippen LogP contribution in [0.25, 0.3) is 0 Å². The maximum atomic E-state index is 12.0. The molecule has 0 bridgehead atoms. The van der Waals surface area contributed by atoms with Gasteiger partial charge >= 0.3 is 0 Å². The molecule has 0 saturated heterocycles. The van der Waals surface area contributed by atoms with Crippen LogP contribution in [0.15, 0.2) is 24.3 Å². The Morgan fingerprint density at radius 3 is 2.70 bits per heavy atom. The van der Waals surface area contributed by atoms with Gasteiger partial charge in [0.05, 0.1) is 0 Å². The molecular weight excluding hydrogens is 252 g/mol. The smallest absolute Gasteiger partial charge is 0.224 e. The van der Waals surface area contributed by atoms with Gasteiger partial charge in [-0.05, 0) is 23.5 Å². The van der Waals surface area contributed by atoms with Crippen molar-refractivity contribution in [1.82, 2.24) is 0 Å². The van der Waals surface area contributed by atoms with Gasteiger partial charge < -0.3 is 15.8 Å². The Labute approximate surface area is 121 Å². The summed E-state index contributed by atoms with van der Waals surface area (Å²) in [5.41, 5.74) is 6.28. The van der Waals surface area contributed by atoms with Crippen molar-refractivity contribution in [3.05, 3.63) is 24.3 Å². The van der Waals surface area contributed by atoms with E-state index in [-0.39, 0.29) is 11.3 Å². The summed E-state index contributed by atoms with van der Waals surface area (Å²) in [5, 5.41) is 2.91. The zero-order valence-electron chi connectivity index (χ0n) is 12.9. The van der Waals surface area contributed by atoms with Gasteiger partial charge in [-0.1, -0.05) is 33.8 Å². The molecule has 0 saturated carbocycles. The van der Waals surface area contributed by atoms with Crippen LogP contribution in [0.2, 0.25) is 0 Å². The first-order valence-electron chi connectivity index (χ1n) is 7.05. The van der Waals surface area contributed by atoms with Crippen molar-refractivity contribution in [3.8, 4) is 5.75 Å². The standard InChI is InChI=1S/C16H26N2O2/c1-12(16(2,3)4)10-15(19)18-13-6-5-7-14(11-13)20-9-8-17/h5-7,11-12H,8-10,17H2,1-4H3,(H,18,19). The normalized spacial score (nSPS) is 12.8. The van der Waals surface area contributed by atoms with Crippen molar-refractivity contribution in [2.45, 2.75) is 34.1 Å². The van der Waals surface area contributed by atoms with E-state index in [0.29, 0.717) is 25.5 Å². The Kier molecular flexibility index (Phi) is 6.02. The van der Waals surface area contributed by atoms with Gasteiger partial charge in [0.1, 0.15) is 12.4 Å². The molecule has 3 N–H and O–H groups in total. The summed E-state index contributed by atoms with van der Waals surface area (Å²) in [4.78, 5) is 12.0. The van der Waals surface area contributed by atoms with Crippen molar-refractivity contribution in [2.24, 2.45) is 17.1 Å². The number of ether oxygens (including phenoxy) is 1. The fourth-order valence-electron chi connectivity index (χ4n) is 1.64. The van der Waals surface area contributed by atoms with Gasteiger partial charge in [0, 0.05) is 24.7 Å². The molecule has 4 nitrogen and oxygen atoms in total. The summed E-state index contributed by atoms with van der Waals surface area (Å²) in [7, 11) is 0. The lowest BCUT2D eigenvalue weighted by Crippen LogP contribution is -2.23. The second-order valence-corrected chi connectivity index (χ2v) is 6.18. The van der Waals surface area contributed by atoms with Crippen LogP contribution in [0.3, 0.4) is 0 Å². The van der Waals surface area contributed by atoms with E-state index in [1.165, 1.54) is 0 Å². The van der Waals surface area contributed by atoms with E-state index in [9.17, 15) is 4.79 Å². The van der Waals surface area contributed by atoms with Gasteiger partial charge in [-0.3, -0.25) is 4.79 Å². The molecule has 0 aromatic heterocycles. The minimum Gasteiger partial charge on any atom is -0.492 e. The van der Waals surface area contributed by atoms with Gasteiger partial charge in [-0.15, -0.1) is 0 Å². The van der Waals surface area contributed by atoms with Gasteiger partial charge in [0.2, 0.25) is 5.91 Å². The van der Waals surface area contributed by atoms with E-state index in [4.69, 9.17) is 10.5 Å². The highest BCUT2D eigenvalue weighted by molar-refractivity contribution is 5.91. The molecule has 0 spiro atoms. The molecule has 1 rings (SSSR count). The second-order valence-electron chi connectivity index (χ2n) is 6.18. The highest BCUT2D eigenvalue weighted by Gasteiger charge is 2.22. The summed E-state index contributed by atoms with van der Waals surface area (Å²) in [6, 6.07) is 7.38. The molecule has 4 heteroatoms. The molecule has 0 radical (unpaired) electrons. The number of carbonyl (C=O) groups is 1. The van der Waals surface area contributed by atoms with E-state index in [1.807, 2.05) is 24.3 Å². The van der Waals surface area contributed by atoms with Crippen LogP contribution < -0.4 is 15.8 Å². The van der Waals surface area contributed by atoms with E-state index < -0.39 is 0 Å². The summed E-state index contributed by atoms with van der Waals surface area (Å²) in [6.07, 6.45) is 0.511. The van der Waals surface area contributed by atoms with E-state index in [2.05, 4.69) is 33.0 Å². The topological polar surface area (TPSA) is 64.3 Å². The Morgan fingerprint density at radius 1 is 1.40 bits per heavy atom. The zero-order chi connectivity index (χ0) is 15.2. The zero-order valence-corrected chi connectivity index (χ0v) is 12.9. The first-order valence-corrected chi connectivity index (χ1v) is 7.05. The van der Waals surface area contributed by atoms with Crippen LogP contribution in [-0.4, -0.2) is 19.1 Å². The average molecular weight is 278 g/mol. The minimum atomic E-state index is 0.0309. The number of benzene rings is 1. The molecule has 1 atom stereocenters. The molecule has 1 aromatic carbocycles. The third-order valence-electron chi connectivity index (χ3n) is 3.47. The predicted octanol–water partition coefficient (Wildman–Crippen LogP) is 3.03. The Balaban J connectivity index is 2.57. The first kappa shape index (κ1) is 16.5. The molecule has 0 heterocycles. The highest BCUT2D eigenvalue weighted by atomic mass is 16.5. The highest BCUT2D eigenvalue weighted by Crippen LogP contribution is 2.28. The molecule has 1 amide bonds. The number of hydrogen-bond acceptors (Lipinski definition) is 3.